The largest absolute Gasteiger partial charge is 0.481 e. The van der Waals surface area contributed by atoms with Crippen molar-refractivity contribution in [3.05, 3.63) is 12.2 Å². The first-order chi connectivity index (χ1) is 4.42. The van der Waals surface area contributed by atoms with Gasteiger partial charge in [0.1, 0.15) is 0 Å². The number of allylic oxidation sites excluding steroid dienone is 1. The second kappa shape index (κ2) is 3.40. The van der Waals surface area contributed by atoms with Crippen molar-refractivity contribution in [2.45, 2.75) is 27.2 Å². The van der Waals surface area contributed by atoms with Gasteiger partial charge in [-0.3, -0.25) is 4.79 Å². The lowest BCUT2D eigenvalue weighted by Gasteiger charge is -2.10. The maximum absolute atomic E-state index is 10.0. The van der Waals surface area contributed by atoms with Crippen LogP contribution in [0, 0.1) is 5.41 Å². The Hall–Kier alpha value is -0.790. The normalized spacial score (nSPS) is 12.3. The van der Waals surface area contributed by atoms with Gasteiger partial charge >= 0.3 is 5.97 Å². The van der Waals surface area contributed by atoms with Gasteiger partial charge in [-0.15, -0.1) is 0 Å². The molecule has 2 heteroatoms. The molecule has 0 aromatic heterocycles. The first-order valence-electron chi connectivity index (χ1n) is 3.31. The van der Waals surface area contributed by atoms with Crippen LogP contribution in [0.2, 0.25) is 0 Å². The van der Waals surface area contributed by atoms with Gasteiger partial charge in [0.05, 0.1) is 6.42 Å². The molecular formula is C8H14O2. The minimum atomic E-state index is -0.777. The maximum atomic E-state index is 10.0. The number of hydrogen-bond donors (Lipinski definition) is 1. The van der Waals surface area contributed by atoms with Crippen LogP contribution in [-0.4, -0.2) is 11.1 Å². The van der Waals surface area contributed by atoms with Crippen molar-refractivity contribution in [3.63, 3.8) is 0 Å². The van der Waals surface area contributed by atoms with E-state index >= 15 is 0 Å². The fourth-order valence-electron chi connectivity index (χ4n) is 0.513. The number of rotatable bonds is 2. The predicted octanol–water partition coefficient (Wildman–Crippen LogP) is 2.06. The predicted molar refractivity (Wildman–Crippen MR) is 40.8 cm³/mol. The highest BCUT2D eigenvalue weighted by Crippen LogP contribution is 2.14. The second-order valence-electron chi connectivity index (χ2n) is 3.37. The summed E-state index contributed by atoms with van der Waals surface area (Å²) in [6, 6.07) is 0. The molecule has 0 rings (SSSR count). The summed E-state index contributed by atoms with van der Waals surface area (Å²) in [6.07, 6.45) is 3.71. The maximum Gasteiger partial charge on any atom is 0.307 e. The molecular weight excluding hydrogens is 128 g/mol. The van der Waals surface area contributed by atoms with E-state index in [1.54, 1.807) is 6.08 Å². The smallest absolute Gasteiger partial charge is 0.307 e. The third-order valence-electron chi connectivity index (χ3n) is 0.910. The summed E-state index contributed by atoms with van der Waals surface area (Å²) >= 11 is 0. The average molecular weight is 142 g/mol. The van der Waals surface area contributed by atoms with Crippen LogP contribution in [0.3, 0.4) is 0 Å². The summed E-state index contributed by atoms with van der Waals surface area (Å²) in [6.45, 7) is 6.10. The summed E-state index contributed by atoms with van der Waals surface area (Å²) in [7, 11) is 0. The van der Waals surface area contributed by atoms with Gasteiger partial charge < -0.3 is 5.11 Å². The van der Waals surface area contributed by atoms with Crippen LogP contribution in [0.15, 0.2) is 12.2 Å². The van der Waals surface area contributed by atoms with E-state index in [0.29, 0.717) is 0 Å². The first-order valence-corrected chi connectivity index (χ1v) is 3.31. The van der Waals surface area contributed by atoms with Crippen LogP contribution in [0.4, 0.5) is 0 Å². The molecule has 0 atom stereocenters. The van der Waals surface area contributed by atoms with Crippen molar-refractivity contribution in [1.82, 2.24) is 0 Å². The Kier molecular flexibility index (Phi) is 3.13. The molecule has 0 spiro atoms. The molecule has 0 unspecified atom stereocenters. The minimum Gasteiger partial charge on any atom is -0.481 e. The molecule has 0 amide bonds. The molecule has 0 radical (unpaired) electrons. The molecule has 0 heterocycles. The molecule has 0 aliphatic carbocycles. The van der Waals surface area contributed by atoms with Gasteiger partial charge in [0, 0.05) is 0 Å². The van der Waals surface area contributed by atoms with Crippen molar-refractivity contribution in [2.24, 2.45) is 5.41 Å². The molecule has 58 valence electrons. The average Bonchev–Trinajstić information content (AvgIpc) is 1.59. The summed E-state index contributed by atoms with van der Waals surface area (Å²) in [5, 5.41) is 8.26. The number of hydrogen-bond acceptors (Lipinski definition) is 1. The summed E-state index contributed by atoms with van der Waals surface area (Å²) in [5.41, 5.74) is 0.0927. The zero-order valence-electron chi connectivity index (χ0n) is 6.72. The van der Waals surface area contributed by atoms with E-state index in [0.717, 1.165) is 0 Å². The molecule has 0 aromatic rings. The molecule has 0 saturated carbocycles. The van der Waals surface area contributed by atoms with Crippen LogP contribution in [0.5, 0.6) is 0 Å². The van der Waals surface area contributed by atoms with E-state index in [-0.39, 0.29) is 11.8 Å². The van der Waals surface area contributed by atoms with Crippen LogP contribution >= 0.6 is 0 Å². The van der Waals surface area contributed by atoms with Crippen molar-refractivity contribution in [3.8, 4) is 0 Å². The number of aliphatic carboxylic acids is 1. The SMILES string of the molecule is CC(C)(C)/C=C/CC(=O)O. The van der Waals surface area contributed by atoms with Crippen LogP contribution in [-0.2, 0) is 4.79 Å². The fraction of sp³-hybridized carbons (Fsp3) is 0.625. The third-order valence-corrected chi connectivity index (χ3v) is 0.910. The third kappa shape index (κ3) is 7.21. The first kappa shape index (κ1) is 9.21. The summed E-state index contributed by atoms with van der Waals surface area (Å²) in [5.74, 6) is -0.777. The quantitative estimate of drug-likeness (QED) is 0.599. The van der Waals surface area contributed by atoms with Gasteiger partial charge in [0.15, 0.2) is 0 Å². The van der Waals surface area contributed by atoms with Crippen LogP contribution in [0.25, 0.3) is 0 Å². The van der Waals surface area contributed by atoms with Gasteiger partial charge in [-0.05, 0) is 5.41 Å². The standard InChI is InChI=1S/C8H14O2/c1-8(2,3)6-4-5-7(9)10/h4,6H,5H2,1-3H3,(H,9,10)/b6-4+. The van der Waals surface area contributed by atoms with Crippen LogP contribution in [0.1, 0.15) is 27.2 Å². The molecule has 0 saturated heterocycles. The Labute approximate surface area is 61.6 Å². The minimum absolute atomic E-state index is 0.0927. The highest BCUT2D eigenvalue weighted by molar-refractivity contribution is 5.68. The van der Waals surface area contributed by atoms with E-state index in [1.807, 2.05) is 26.8 Å². The fourth-order valence-corrected chi connectivity index (χ4v) is 0.513. The lowest BCUT2D eigenvalue weighted by molar-refractivity contribution is -0.136. The number of carboxylic acid groups (broad SMARTS) is 1. The van der Waals surface area contributed by atoms with Crippen LogP contribution < -0.4 is 0 Å². The van der Waals surface area contributed by atoms with Crippen molar-refractivity contribution < 1.29 is 9.90 Å². The zero-order valence-corrected chi connectivity index (χ0v) is 6.72. The van der Waals surface area contributed by atoms with Gasteiger partial charge in [-0.2, -0.15) is 0 Å². The molecule has 10 heavy (non-hydrogen) atoms. The number of carboxylic acids is 1. The Balaban J connectivity index is 3.67. The molecule has 0 bridgehead atoms. The Bertz CT molecular complexity index is 140. The lowest BCUT2D eigenvalue weighted by atomic mass is 9.96. The van der Waals surface area contributed by atoms with Gasteiger partial charge in [-0.25, -0.2) is 0 Å². The summed E-state index contributed by atoms with van der Waals surface area (Å²) < 4.78 is 0. The molecule has 0 aliphatic rings. The highest BCUT2D eigenvalue weighted by Gasteiger charge is 2.03. The monoisotopic (exact) mass is 142 g/mol. The molecule has 0 aromatic carbocycles. The molecule has 0 fully saturated rings. The Morgan fingerprint density at radius 1 is 1.50 bits per heavy atom. The van der Waals surface area contributed by atoms with E-state index in [1.165, 1.54) is 0 Å². The van der Waals surface area contributed by atoms with E-state index in [4.69, 9.17) is 5.11 Å². The van der Waals surface area contributed by atoms with E-state index in [9.17, 15) is 4.79 Å². The lowest BCUT2D eigenvalue weighted by Crippen LogP contribution is -1.99. The highest BCUT2D eigenvalue weighted by atomic mass is 16.4. The number of carbonyl (C=O) groups is 1. The topological polar surface area (TPSA) is 37.3 Å². The molecule has 1 N–H and O–H groups in total. The summed E-state index contributed by atoms with van der Waals surface area (Å²) in [4.78, 5) is 10.0. The van der Waals surface area contributed by atoms with E-state index in [2.05, 4.69) is 0 Å². The van der Waals surface area contributed by atoms with Crippen molar-refractivity contribution in [2.75, 3.05) is 0 Å². The molecule has 2 nitrogen and oxygen atoms in total. The molecule has 0 aliphatic heterocycles. The van der Waals surface area contributed by atoms with Gasteiger partial charge in [0.2, 0.25) is 0 Å². The second-order valence-corrected chi connectivity index (χ2v) is 3.37. The van der Waals surface area contributed by atoms with E-state index < -0.39 is 5.97 Å². The van der Waals surface area contributed by atoms with Crippen molar-refractivity contribution >= 4 is 5.97 Å². The Morgan fingerprint density at radius 2 is 2.00 bits per heavy atom. The zero-order chi connectivity index (χ0) is 8.20. The van der Waals surface area contributed by atoms with Gasteiger partial charge in [0.25, 0.3) is 0 Å². The van der Waals surface area contributed by atoms with Gasteiger partial charge in [-0.1, -0.05) is 32.9 Å². The Morgan fingerprint density at radius 3 is 2.30 bits per heavy atom. The van der Waals surface area contributed by atoms with Crippen molar-refractivity contribution in [1.29, 1.82) is 0 Å².